The summed E-state index contributed by atoms with van der Waals surface area (Å²) in [5.74, 6) is 0.121. The minimum Gasteiger partial charge on any atom is -0.343 e. The fraction of sp³-hybridized carbons (Fsp3) is 0.350. The third-order valence-electron chi connectivity index (χ3n) is 5.72. The van der Waals surface area contributed by atoms with Crippen LogP contribution < -0.4 is 0 Å². The van der Waals surface area contributed by atoms with E-state index in [0.29, 0.717) is 19.5 Å². The summed E-state index contributed by atoms with van der Waals surface area (Å²) in [6, 6.07) is 14.1. The molecule has 1 atom stereocenters. The van der Waals surface area contributed by atoms with Gasteiger partial charge in [0, 0.05) is 26.7 Å². The Morgan fingerprint density at radius 1 is 1.11 bits per heavy atom. The van der Waals surface area contributed by atoms with Crippen molar-refractivity contribution in [3.63, 3.8) is 0 Å². The molecule has 0 aliphatic carbocycles. The van der Waals surface area contributed by atoms with Crippen molar-refractivity contribution in [2.24, 2.45) is 0 Å². The summed E-state index contributed by atoms with van der Waals surface area (Å²) in [5.41, 5.74) is 2.97. The molecular weight excluding hydrogens is 367 g/mol. The standard InChI is InChI=1S/C20H21FN2O3S/c1-22-14-20(12-19(22)24)18-5-3-2-4-16(18)10-11-23(20)13-15-6-8-17(9-7-15)27(21,25)26/h2-9H,10-14H2,1H3/t20-/m1/s1. The van der Waals surface area contributed by atoms with E-state index in [1.54, 1.807) is 17.0 Å². The molecular formula is C20H21FN2O3S. The van der Waals surface area contributed by atoms with Crippen LogP contribution >= 0.6 is 0 Å². The number of likely N-dealkylation sites (N-methyl/N-ethyl adjacent to an activating group) is 1. The van der Waals surface area contributed by atoms with E-state index in [1.165, 1.54) is 23.3 Å². The van der Waals surface area contributed by atoms with E-state index in [9.17, 15) is 17.1 Å². The Balaban J connectivity index is 1.69. The Morgan fingerprint density at radius 2 is 1.81 bits per heavy atom. The van der Waals surface area contributed by atoms with Crippen LogP contribution in [-0.4, -0.2) is 44.3 Å². The van der Waals surface area contributed by atoms with E-state index in [0.717, 1.165) is 18.5 Å². The summed E-state index contributed by atoms with van der Waals surface area (Å²) < 4.78 is 35.2. The maximum Gasteiger partial charge on any atom is 0.332 e. The van der Waals surface area contributed by atoms with Gasteiger partial charge in [0.15, 0.2) is 0 Å². The van der Waals surface area contributed by atoms with Gasteiger partial charge < -0.3 is 4.90 Å². The highest BCUT2D eigenvalue weighted by Gasteiger charge is 2.49. The molecule has 2 aromatic carbocycles. The number of hydrogen-bond acceptors (Lipinski definition) is 4. The van der Waals surface area contributed by atoms with Crippen molar-refractivity contribution in [2.75, 3.05) is 20.1 Å². The molecule has 1 fully saturated rings. The van der Waals surface area contributed by atoms with E-state index >= 15 is 0 Å². The molecule has 0 N–H and O–H groups in total. The highest BCUT2D eigenvalue weighted by atomic mass is 32.3. The smallest absolute Gasteiger partial charge is 0.332 e. The maximum absolute atomic E-state index is 13.1. The van der Waals surface area contributed by atoms with Crippen molar-refractivity contribution >= 4 is 16.1 Å². The zero-order valence-corrected chi connectivity index (χ0v) is 15.9. The van der Waals surface area contributed by atoms with Gasteiger partial charge in [-0.2, -0.15) is 8.42 Å². The minimum atomic E-state index is -4.69. The second-order valence-corrected chi connectivity index (χ2v) is 8.72. The molecule has 142 valence electrons. The van der Waals surface area contributed by atoms with E-state index in [1.807, 2.05) is 19.2 Å². The van der Waals surface area contributed by atoms with Crippen LogP contribution in [0.2, 0.25) is 0 Å². The predicted octanol–water partition coefficient (Wildman–Crippen LogP) is 2.46. The summed E-state index contributed by atoms with van der Waals surface area (Å²) in [4.78, 5) is 16.1. The van der Waals surface area contributed by atoms with E-state index in [-0.39, 0.29) is 16.3 Å². The molecule has 0 radical (unpaired) electrons. The van der Waals surface area contributed by atoms with Gasteiger partial charge in [-0.15, -0.1) is 3.89 Å². The van der Waals surface area contributed by atoms with Crippen LogP contribution in [0.15, 0.2) is 53.4 Å². The molecule has 2 aromatic rings. The molecule has 7 heteroatoms. The molecule has 1 saturated heterocycles. The van der Waals surface area contributed by atoms with Crippen molar-refractivity contribution in [1.29, 1.82) is 0 Å². The zero-order valence-electron chi connectivity index (χ0n) is 15.1. The van der Waals surface area contributed by atoms with Gasteiger partial charge >= 0.3 is 10.2 Å². The van der Waals surface area contributed by atoms with Gasteiger partial charge in [0.1, 0.15) is 0 Å². The molecule has 27 heavy (non-hydrogen) atoms. The average Bonchev–Trinajstić information content (AvgIpc) is 2.93. The molecule has 4 rings (SSSR count). The number of hydrogen-bond donors (Lipinski definition) is 0. The predicted molar refractivity (Wildman–Crippen MR) is 99.2 cm³/mol. The number of carbonyl (C=O) groups is 1. The highest BCUT2D eigenvalue weighted by molar-refractivity contribution is 7.86. The molecule has 0 saturated carbocycles. The molecule has 2 heterocycles. The first-order valence-corrected chi connectivity index (χ1v) is 10.3. The lowest BCUT2D eigenvalue weighted by Crippen LogP contribution is -2.51. The van der Waals surface area contributed by atoms with Crippen LogP contribution in [0.1, 0.15) is 23.1 Å². The SMILES string of the molecule is CN1C[C@]2(CC1=O)c1ccccc1CCN2Cc1ccc(S(=O)(=O)F)cc1. The molecule has 5 nitrogen and oxygen atoms in total. The lowest BCUT2D eigenvalue weighted by Gasteiger charge is -2.45. The van der Waals surface area contributed by atoms with Gasteiger partial charge in [-0.05, 0) is 35.2 Å². The summed E-state index contributed by atoms with van der Waals surface area (Å²) in [5, 5.41) is 0. The Bertz CT molecular complexity index is 991. The average molecular weight is 388 g/mol. The van der Waals surface area contributed by atoms with Crippen molar-refractivity contribution in [1.82, 2.24) is 9.80 Å². The summed E-state index contributed by atoms with van der Waals surface area (Å²) in [6.07, 6.45) is 1.32. The van der Waals surface area contributed by atoms with Crippen molar-refractivity contribution in [3.8, 4) is 0 Å². The lowest BCUT2D eigenvalue weighted by atomic mass is 9.79. The van der Waals surface area contributed by atoms with Crippen LogP contribution in [-0.2, 0) is 33.5 Å². The van der Waals surface area contributed by atoms with Crippen LogP contribution in [0.5, 0.6) is 0 Å². The van der Waals surface area contributed by atoms with Crippen LogP contribution in [0.3, 0.4) is 0 Å². The molecule has 0 aromatic heterocycles. The maximum atomic E-state index is 13.1. The van der Waals surface area contributed by atoms with E-state index in [4.69, 9.17) is 0 Å². The Morgan fingerprint density at radius 3 is 2.44 bits per heavy atom. The summed E-state index contributed by atoms with van der Waals surface area (Å²) >= 11 is 0. The van der Waals surface area contributed by atoms with Crippen molar-refractivity contribution in [3.05, 3.63) is 65.2 Å². The van der Waals surface area contributed by atoms with Gasteiger partial charge in [0.25, 0.3) is 0 Å². The second-order valence-electron chi connectivity index (χ2n) is 7.37. The monoisotopic (exact) mass is 388 g/mol. The van der Waals surface area contributed by atoms with Crippen LogP contribution in [0, 0.1) is 0 Å². The van der Waals surface area contributed by atoms with Crippen LogP contribution in [0.25, 0.3) is 0 Å². The molecule has 0 bridgehead atoms. The molecule has 1 amide bonds. The summed E-state index contributed by atoms with van der Waals surface area (Å²) in [7, 11) is -2.87. The molecule has 2 aliphatic heterocycles. The number of carbonyl (C=O) groups excluding carboxylic acids is 1. The fourth-order valence-electron chi connectivity index (χ4n) is 4.35. The van der Waals surface area contributed by atoms with E-state index in [2.05, 4.69) is 17.0 Å². The van der Waals surface area contributed by atoms with Gasteiger partial charge in [0.2, 0.25) is 5.91 Å². The highest BCUT2D eigenvalue weighted by Crippen LogP contribution is 2.43. The first-order chi connectivity index (χ1) is 12.8. The zero-order chi connectivity index (χ0) is 19.2. The number of fused-ring (bicyclic) bond motifs is 2. The van der Waals surface area contributed by atoms with E-state index < -0.39 is 10.2 Å². The summed E-state index contributed by atoms with van der Waals surface area (Å²) in [6.45, 7) is 2.00. The molecule has 2 aliphatic rings. The van der Waals surface area contributed by atoms with Gasteiger partial charge in [0.05, 0.1) is 16.9 Å². The number of amides is 1. The van der Waals surface area contributed by atoms with Crippen LogP contribution in [0.4, 0.5) is 3.89 Å². The quantitative estimate of drug-likeness (QED) is 0.758. The Hall–Kier alpha value is -2.25. The molecule has 0 unspecified atom stereocenters. The number of likely N-dealkylation sites (tertiary alicyclic amines) is 1. The first kappa shape index (κ1) is 18.1. The normalized spacial score (nSPS) is 23.0. The topological polar surface area (TPSA) is 57.7 Å². The number of rotatable bonds is 3. The van der Waals surface area contributed by atoms with Crippen molar-refractivity contribution in [2.45, 2.75) is 29.8 Å². The van der Waals surface area contributed by atoms with Gasteiger partial charge in [-0.25, -0.2) is 0 Å². The number of benzene rings is 2. The molecule has 1 spiro atoms. The second kappa shape index (κ2) is 6.42. The lowest BCUT2D eigenvalue weighted by molar-refractivity contribution is -0.126. The Labute approximate surface area is 158 Å². The third-order valence-corrected chi connectivity index (χ3v) is 6.56. The largest absolute Gasteiger partial charge is 0.343 e. The fourth-order valence-corrected chi connectivity index (χ4v) is 4.82. The Kier molecular flexibility index (Phi) is 4.31. The van der Waals surface area contributed by atoms with Gasteiger partial charge in [-0.3, -0.25) is 9.69 Å². The first-order valence-electron chi connectivity index (χ1n) is 8.91. The number of nitrogens with zero attached hydrogens (tertiary/aromatic N) is 2. The van der Waals surface area contributed by atoms with Crippen molar-refractivity contribution < 1.29 is 17.1 Å². The minimum absolute atomic E-state index is 0.121. The number of halogens is 1. The third kappa shape index (κ3) is 3.15. The van der Waals surface area contributed by atoms with Gasteiger partial charge in [-0.1, -0.05) is 36.4 Å².